The van der Waals surface area contributed by atoms with Crippen LogP contribution in [0.25, 0.3) is 11.0 Å². The van der Waals surface area contributed by atoms with Crippen LogP contribution in [0.3, 0.4) is 0 Å². The van der Waals surface area contributed by atoms with Gasteiger partial charge in [-0.05, 0) is 36.6 Å². The lowest BCUT2D eigenvalue weighted by molar-refractivity contribution is 0.0978. The molecule has 8 heteroatoms. The largest absolute Gasteiger partial charge is 0.496 e. The standard InChI is InChI=1S/C24H35N7O/c1-3-4-5-9-27-23-22-20(28-24(26)29-23)8-10-31(22)16-19-7-6-17(11-21(19)32-2)13-30-14-18(12-25)15-30/h6-8,10-11,18H,3-5,9,12-16,25H2,1-2H3,(H3,26,27,28,29). The molecule has 1 aliphatic rings. The number of ether oxygens (including phenoxy) is 1. The molecule has 172 valence electrons. The van der Waals surface area contributed by atoms with Crippen molar-refractivity contribution in [3.63, 3.8) is 0 Å². The first-order chi connectivity index (χ1) is 15.6. The first-order valence-corrected chi connectivity index (χ1v) is 11.6. The molecule has 0 spiro atoms. The Morgan fingerprint density at radius 1 is 1.16 bits per heavy atom. The second-order valence-corrected chi connectivity index (χ2v) is 8.68. The number of methoxy groups -OCH3 is 1. The Kier molecular flexibility index (Phi) is 7.12. The topological polar surface area (TPSA) is 107 Å². The average molecular weight is 438 g/mol. The van der Waals surface area contributed by atoms with Crippen LogP contribution in [0.4, 0.5) is 11.8 Å². The molecule has 3 heterocycles. The summed E-state index contributed by atoms with van der Waals surface area (Å²) in [7, 11) is 1.73. The summed E-state index contributed by atoms with van der Waals surface area (Å²) in [6.45, 7) is 7.59. The smallest absolute Gasteiger partial charge is 0.222 e. The first kappa shape index (κ1) is 22.4. The second kappa shape index (κ2) is 10.2. The first-order valence-electron chi connectivity index (χ1n) is 11.6. The molecule has 1 saturated heterocycles. The number of benzene rings is 1. The predicted molar refractivity (Wildman–Crippen MR) is 130 cm³/mol. The lowest BCUT2D eigenvalue weighted by Crippen LogP contribution is -2.49. The molecular formula is C24H35N7O. The zero-order chi connectivity index (χ0) is 22.5. The highest BCUT2D eigenvalue weighted by Gasteiger charge is 2.25. The molecule has 0 saturated carbocycles. The number of nitrogens with one attached hydrogen (secondary N) is 1. The van der Waals surface area contributed by atoms with Gasteiger partial charge in [0.1, 0.15) is 11.3 Å². The Labute approximate surface area is 190 Å². The molecule has 5 N–H and O–H groups in total. The van der Waals surface area contributed by atoms with Gasteiger partial charge in [0.05, 0.1) is 19.2 Å². The normalized spacial score (nSPS) is 14.6. The number of nitrogens with zero attached hydrogens (tertiary/aromatic N) is 4. The molecule has 3 aromatic rings. The number of anilines is 2. The molecule has 0 aliphatic carbocycles. The minimum absolute atomic E-state index is 0.290. The molecule has 8 nitrogen and oxygen atoms in total. The summed E-state index contributed by atoms with van der Waals surface area (Å²) < 4.78 is 7.91. The van der Waals surface area contributed by atoms with Crippen molar-refractivity contribution in [2.75, 3.05) is 44.3 Å². The Balaban J connectivity index is 1.53. The lowest BCUT2D eigenvalue weighted by Gasteiger charge is -2.38. The minimum Gasteiger partial charge on any atom is -0.496 e. The fourth-order valence-corrected chi connectivity index (χ4v) is 4.38. The van der Waals surface area contributed by atoms with Gasteiger partial charge in [0.25, 0.3) is 0 Å². The fourth-order valence-electron chi connectivity index (χ4n) is 4.38. The van der Waals surface area contributed by atoms with Gasteiger partial charge in [0.2, 0.25) is 5.95 Å². The second-order valence-electron chi connectivity index (χ2n) is 8.68. The third-order valence-electron chi connectivity index (χ3n) is 6.17. The SMILES string of the molecule is CCCCCNc1nc(N)nc2ccn(Cc3ccc(CN4CC(CN)C4)cc3OC)c12. The van der Waals surface area contributed by atoms with Crippen molar-refractivity contribution < 1.29 is 4.74 Å². The van der Waals surface area contributed by atoms with Gasteiger partial charge < -0.3 is 26.1 Å². The highest BCUT2D eigenvalue weighted by molar-refractivity contribution is 5.87. The molecule has 0 atom stereocenters. The summed E-state index contributed by atoms with van der Waals surface area (Å²) in [5, 5.41) is 3.46. The van der Waals surface area contributed by atoms with E-state index >= 15 is 0 Å². The van der Waals surface area contributed by atoms with Crippen molar-refractivity contribution in [2.45, 2.75) is 39.3 Å². The summed E-state index contributed by atoms with van der Waals surface area (Å²) in [6, 6.07) is 8.49. The van der Waals surface area contributed by atoms with Crippen molar-refractivity contribution in [3.05, 3.63) is 41.6 Å². The molecule has 0 bridgehead atoms. The summed E-state index contributed by atoms with van der Waals surface area (Å²) in [5.41, 5.74) is 15.9. The number of rotatable bonds is 11. The van der Waals surface area contributed by atoms with Crippen molar-refractivity contribution in [1.82, 2.24) is 19.4 Å². The number of fused-ring (bicyclic) bond motifs is 1. The fraction of sp³-hybridized carbons (Fsp3) is 0.500. The number of nitrogens with two attached hydrogens (primary N) is 2. The molecule has 2 aromatic heterocycles. The molecule has 32 heavy (non-hydrogen) atoms. The molecule has 4 rings (SSSR count). The lowest BCUT2D eigenvalue weighted by atomic mass is 9.99. The average Bonchev–Trinajstić information content (AvgIpc) is 3.16. The van der Waals surface area contributed by atoms with Crippen LogP contribution in [-0.4, -0.2) is 52.7 Å². The summed E-state index contributed by atoms with van der Waals surface area (Å²) in [5.74, 6) is 2.61. The molecule has 0 amide bonds. The van der Waals surface area contributed by atoms with Crippen molar-refractivity contribution in [2.24, 2.45) is 11.7 Å². The van der Waals surface area contributed by atoms with E-state index in [2.05, 4.69) is 49.9 Å². The van der Waals surface area contributed by atoms with Crippen molar-refractivity contribution >= 4 is 22.8 Å². The Morgan fingerprint density at radius 2 is 2.00 bits per heavy atom. The number of nitrogen functional groups attached to an aromatic ring is 1. The maximum Gasteiger partial charge on any atom is 0.222 e. The van der Waals surface area contributed by atoms with Crippen LogP contribution < -0.4 is 21.5 Å². The summed E-state index contributed by atoms with van der Waals surface area (Å²) in [6.07, 6.45) is 5.50. The van der Waals surface area contributed by atoms with E-state index in [1.165, 1.54) is 18.4 Å². The van der Waals surface area contributed by atoms with Gasteiger partial charge in [0, 0.05) is 37.9 Å². The number of unbranched alkanes of at least 4 members (excludes halogenated alkanes) is 2. The molecule has 1 fully saturated rings. The van der Waals surface area contributed by atoms with E-state index in [4.69, 9.17) is 16.2 Å². The van der Waals surface area contributed by atoms with Gasteiger partial charge in [-0.1, -0.05) is 31.9 Å². The van der Waals surface area contributed by atoms with Gasteiger partial charge in [-0.25, -0.2) is 4.98 Å². The van der Waals surface area contributed by atoms with Crippen LogP contribution in [0.5, 0.6) is 5.75 Å². The zero-order valence-corrected chi connectivity index (χ0v) is 19.2. The van der Waals surface area contributed by atoms with E-state index in [-0.39, 0.29) is 5.95 Å². The Morgan fingerprint density at radius 3 is 2.75 bits per heavy atom. The van der Waals surface area contributed by atoms with Gasteiger partial charge in [0.15, 0.2) is 5.82 Å². The maximum atomic E-state index is 5.95. The Bertz CT molecular complexity index is 1040. The number of hydrogen-bond donors (Lipinski definition) is 3. The van der Waals surface area contributed by atoms with Gasteiger partial charge in [-0.2, -0.15) is 4.98 Å². The molecule has 0 radical (unpaired) electrons. The molecule has 1 aliphatic heterocycles. The monoisotopic (exact) mass is 437 g/mol. The quantitative estimate of drug-likeness (QED) is 0.396. The van der Waals surface area contributed by atoms with Crippen molar-refractivity contribution in [3.8, 4) is 5.75 Å². The van der Waals surface area contributed by atoms with E-state index < -0.39 is 0 Å². The van der Waals surface area contributed by atoms with E-state index in [1.54, 1.807) is 7.11 Å². The molecular weight excluding hydrogens is 402 g/mol. The third-order valence-corrected chi connectivity index (χ3v) is 6.17. The maximum absolute atomic E-state index is 5.95. The third kappa shape index (κ3) is 4.97. The highest BCUT2D eigenvalue weighted by Crippen LogP contribution is 2.28. The predicted octanol–water partition coefficient (Wildman–Crippen LogP) is 3.06. The number of hydrogen-bond acceptors (Lipinski definition) is 7. The van der Waals surface area contributed by atoms with Crippen LogP contribution in [-0.2, 0) is 13.1 Å². The Hall–Kier alpha value is -2.84. The van der Waals surface area contributed by atoms with E-state index in [0.717, 1.165) is 67.3 Å². The molecule has 1 aromatic carbocycles. The van der Waals surface area contributed by atoms with Crippen LogP contribution >= 0.6 is 0 Å². The highest BCUT2D eigenvalue weighted by atomic mass is 16.5. The summed E-state index contributed by atoms with van der Waals surface area (Å²) >= 11 is 0. The van der Waals surface area contributed by atoms with Crippen LogP contribution in [0.2, 0.25) is 0 Å². The van der Waals surface area contributed by atoms with Crippen LogP contribution in [0.1, 0.15) is 37.3 Å². The van der Waals surface area contributed by atoms with Crippen LogP contribution in [0.15, 0.2) is 30.5 Å². The van der Waals surface area contributed by atoms with Crippen LogP contribution in [0, 0.1) is 5.92 Å². The van der Waals surface area contributed by atoms with E-state index in [1.807, 2.05) is 12.3 Å². The minimum atomic E-state index is 0.290. The number of aromatic nitrogens is 3. The van der Waals surface area contributed by atoms with Crippen molar-refractivity contribution in [1.29, 1.82) is 0 Å². The number of likely N-dealkylation sites (tertiary alicyclic amines) is 1. The van der Waals surface area contributed by atoms with Gasteiger partial charge in [-0.15, -0.1) is 0 Å². The molecule has 0 unspecified atom stereocenters. The van der Waals surface area contributed by atoms with E-state index in [9.17, 15) is 0 Å². The summed E-state index contributed by atoms with van der Waals surface area (Å²) in [4.78, 5) is 11.3. The van der Waals surface area contributed by atoms with E-state index in [0.29, 0.717) is 12.5 Å². The van der Waals surface area contributed by atoms with Gasteiger partial charge >= 0.3 is 0 Å². The van der Waals surface area contributed by atoms with Gasteiger partial charge in [-0.3, -0.25) is 4.90 Å². The zero-order valence-electron chi connectivity index (χ0n) is 19.2.